The fourth-order valence-electron chi connectivity index (χ4n) is 2.40. The van der Waals surface area contributed by atoms with E-state index in [2.05, 4.69) is 36.5 Å². The Morgan fingerprint density at radius 3 is 2.67 bits per heavy atom. The lowest BCUT2D eigenvalue weighted by Crippen LogP contribution is -2.26. The van der Waals surface area contributed by atoms with E-state index in [0.717, 1.165) is 18.2 Å². The molecule has 0 bridgehead atoms. The molecule has 0 radical (unpaired) electrons. The number of nitrogens with one attached hydrogen (secondary N) is 1. The number of methoxy groups -OCH3 is 1. The van der Waals surface area contributed by atoms with Gasteiger partial charge in [-0.1, -0.05) is 24.3 Å². The molecule has 0 saturated carbocycles. The minimum absolute atomic E-state index is 0.404. The number of hydrogen-bond donors (Lipinski definition) is 1. The van der Waals surface area contributed by atoms with Crippen LogP contribution in [0.25, 0.3) is 0 Å². The Hall–Kier alpha value is -1.28. The summed E-state index contributed by atoms with van der Waals surface area (Å²) in [4.78, 5) is 0. The van der Waals surface area contributed by atoms with E-state index in [-0.39, 0.29) is 0 Å². The van der Waals surface area contributed by atoms with Crippen LogP contribution < -0.4 is 10.1 Å². The van der Waals surface area contributed by atoms with Gasteiger partial charge in [-0.3, -0.25) is 0 Å². The van der Waals surface area contributed by atoms with Gasteiger partial charge in [0.15, 0.2) is 0 Å². The normalized spacial score (nSPS) is 20.7. The van der Waals surface area contributed by atoms with Crippen LogP contribution in [0.2, 0.25) is 0 Å². The maximum atomic E-state index is 5.18. The summed E-state index contributed by atoms with van der Waals surface area (Å²) in [6.45, 7) is 3.33. The smallest absolute Gasteiger partial charge is 0.118 e. The standard InChI is InChI=1S/C16H23NO/c1-13(15-8-10-16(18-2)11-9-15)17-12-14-6-4-3-5-7-14/h3-4,8-11,13-14,17H,5-7,12H2,1-2H3. The Morgan fingerprint density at radius 1 is 1.28 bits per heavy atom. The van der Waals surface area contributed by atoms with Gasteiger partial charge in [-0.25, -0.2) is 0 Å². The second-order valence-electron chi connectivity index (χ2n) is 5.05. The van der Waals surface area contributed by atoms with Crippen molar-refractivity contribution in [2.24, 2.45) is 5.92 Å². The average Bonchev–Trinajstić information content (AvgIpc) is 2.46. The first-order valence-electron chi connectivity index (χ1n) is 6.82. The van der Waals surface area contributed by atoms with Gasteiger partial charge < -0.3 is 10.1 Å². The molecule has 0 aromatic heterocycles. The van der Waals surface area contributed by atoms with Gasteiger partial charge in [-0.2, -0.15) is 0 Å². The summed E-state index contributed by atoms with van der Waals surface area (Å²) >= 11 is 0. The van der Waals surface area contributed by atoms with E-state index in [1.54, 1.807) is 7.11 Å². The number of benzene rings is 1. The highest BCUT2D eigenvalue weighted by Gasteiger charge is 2.11. The third kappa shape index (κ3) is 3.61. The van der Waals surface area contributed by atoms with Crippen LogP contribution in [-0.2, 0) is 0 Å². The van der Waals surface area contributed by atoms with Gasteiger partial charge in [-0.15, -0.1) is 0 Å². The number of hydrogen-bond acceptors (Lipinski definition) is 2. The molecule has 1 aromatic rings. The van der Waals surface area contributed by atoms with Gasteiger partial charge in [-0.05, 0) is 56.3 Å². The second-order valence-corrected chi connectivity index (χ2v) is 5.05. The van der Waals surface area contributed by atoms with Gasteiger partial charge in [0.05, 0.1) is 7.11 Å². The lowest BCUT2D eigenvalue weighted by molar-refractivity contribution is 0.410. The summed E-state index contributed by atoms with van der Waals surface area (Å²) in [6.07, 6.45) is 8.39. The van der Waals surface area contributed by atoms with Crippen molar-refractivity contribution in [1.29, 1.82) is 0 Å². The summed E-state index contributed by atoms with van der Waals surface area (Å²) in [7, 11) is 1.70. The topological polar surface area (TPSA) is 21.3 Å². The molecule has 2 unspecified atom stereocenters. The predicted molar refractivity (Wildman–Crippen MR) is 75.9 cm³/mol. The molecule has 1 aromatic carbocycles. The number of allylic oxidation sites excluding steroid dienone is 2. The molecule has 2 rings (SSSR count). The minimum Gasteiger partial charge on any atom is -0.497 e. The van der Waals surface area contributed by atoms with Crippen molar-refractivity contribution in [3.63, 3.8) is 0 Å². The van der Waals surface area contributed by atoms with E-state index in [1.807, 2.05) is 12.1 Å². The molecule has 1 aliphatic carbocycles. The largest absolute Gasteiger partial charge is 0.497 e. The van der Waals surface area contributed by atoms with Gasteiger partial charge in [0.1, 0.15) is 5.75 Å². The number of ether oxygens (including phenoxy) is 1. The van der Waals surface area contributed by atoms with Gasteiger partial charge >= 0.3 is 0 Å². The zero-order valence-corrected chi connectivity index (χ0v) is 11.4. The van der Waals surface area contributed by atoms with E-state index in [4.69, 9.17) is 4.74 Å². The molecule has 0 fully saturated rings. The second kappa shape index (κ2) is 6.60. The van der Waals surface area contributed by atoms with Crippen molar-refractivity contribution < 1.29 is 4.74 Å². The molecule has 0 aliphatic heterocycles. The molecule has 0 spiro atoms. The molecular weight excluding hydrogens is 222 g/mol. The van der Waals surface area contributed by atoms with Crippen LogP contribution in [0, 0.1) is 5.92 Å². The molecule has 2 heteroatoms. The highest BCUT2D eigenvalue weighted by Crippen LogP contribution is 2.20. The lowest BCUT2D eigenvalue weighted by atomic mass is 9.94. The van der Waals surface area contributed by atoms with Gasteiger partial charge in [0.2, 0.25) is 0 Å². The third-order valence-corrected chi connectivity index (χ3v) is 3.71. The summed E-state index contributed by atoms with van der Waals surface area (Å²) in [5, 5.41) is 3.63. The highest BCUT2D eigenvalue weighted by atomic mass is 16.5. The van der Waals surface area contributed by atoms with Gasteiger partial charge in [0, 0.05) is 6.04 Å². The zero-order valence-electron chi connectivity index (χ0n) is 11.4. The number of rotatable bonds is 5. The first-order chi connectivity index (χ1) is 8.79. The molecule has 98 valence electrons. The van der Waals surface area contributed by atoms with Crippen LogP contribution in [0.3, 0.4) is 0 Å². The Kier molecular flexibility index (Phi) is 4.82. The third-order valence-electron chi connectivity index (χ3n) is 3.71. The highest BCUT2D eigenvalue weighted by molar-refractivity contribution is 5.28. The van der Waals surface area contributed by atoms with E-state index in [0.29, 0.717) is 6.04 Å². The summed E-state index contributed by atoms with van der Waals surface area (Å²) < 4.78 is 5.18. The first-order valence-corrected chi connectivity index (χ1v) is 6.82. The monoisotopic (exact) mass is 245 g/mol. The first kappa shape index (κ1) is 13.2. The van der Waals surface area contributed by atoms with Crippen molar-refractivity contribution in [2.75, 3.05) is 13.7 Å². The van der Waals surface area contributed by atoms with Crippen molar-refractivity contribution in [3.8, 4) is 5.75 Å². The fraction of sp³-hybridized carbons (Fsp3) is 0.500. The Balaban J connectivity index is 1.82. The average molecular weight is 245 g/mol. The zero-order chi connectivity index (χ0) is 12.8. The SMILES string of the molecule is COc1ccc(C(C)NCC2CC=CCC2)cc1. The minimum atomic E-state index is 0.404. The van der Waals surface area contributed by atoms with Crippen molar-refractivity contribution in [2.45, 2.75) is 32.2 Å². The van der Waals surface area contributed by atoms with Crippen molar-refractivity contribution in [3.05, 3.63) is 42.0 Å². The Labute approximate surface area is 110 Å². The predicted octanol–water partition coefficient (Wildman–Crippen LogP) is 3.70. The molecule has 0 amide bonds. The quantitative estimate of drug-likeness (QED) is 0.799. The maximum absolute atomic E-state index is 5.18. The molecule has 0 saturated heterocycles. The van der Waals surface area contributed by atoms with Crippen LogP contribution in [0.5, 0.6) is 5.75 Å². The summed E-state index contributed by atoms with van der Waals surface area (Å²) in [5.41, 5.74) is 1.32. The van der Waals surface area contributed by atoms with E-state index in [1.165, 1.54) is 24.8 Å². The van der Waals surface area contributed by atoms with E-state index < -0.39 is 0 Å². The van der Waals surface area contributed by atoms with Crippen LogP contribution in [0.1, 0.15) is 37.8 Å². The summed E-state index contributed by atoms with van der Waals surface area (Å²) in [6, 6.07) is 8.73. The molecule has 0 heterocycles. The molecule has 18 heavy (non-hydrogen) atoms. The Morgan fingerprint density at radius 2 is 2.06 bits per heavy atom. The van der Waals surface area contributed by atoms with Crippen LogP contribution in [-0.4, -0.2) is 13.7 Å². The van der Waals surface area contributed by atoms with Crippen molar-refractivity contribution >= 4 is 0 Å². The molecular formula is C16H23NO. The van der Waals surface area contributed by atoms with Crippen LogP contribution >= 0.6 is 0 Å². The fourth-order valence-corrected chi connectivity index (χ4v) is 2.40. The molecule has 1 N–H and O–H groups in total. The molecule has 2 nitrogen and oxygen atoms in total. The van der Waals surface area contributed by atoms with Crippen LogP contribution in [0.4, 0.5) is 0 Å². The molecule has 2 atom stereocenters. The molecule has 1 aliphatic rings. The Bertz CT molecular complexity index is 383. The lowest BCUT2D eigenvalue weighted by Gasteiger charge is -2.21. The van der Waals surface area contributed by atoms with Crippen molar-refractivity contribution in [1.82, 2.24) is 5.32 Å². The maximum Gasteiger partial charge on any atom is 0.118 e. The van der Waals surface area contributed by atoms with E-state index >= 15 is 0 Å². The van der Waals surface area contributed by atoms with Crippen LogP contribution in [0.15, 0.2) is 36.4 Å². The summed E-state index contributed by atoms with van der Waals surface area (Å²) in [5.74, 6) is 1.72. The van der Waals surface area contributed by atoms with E-state index in [9.17, 15) is 0 Å². The van der Waals surface area contributed by atoms with Gasteiger partial charge in [0.25, 0.3) is 0 Å².